The maximum atomic E-state index is 13.0. The van der Waals surface area contributed by atoms with E-state index in [4.69, 9.17) is 0 Å². The first-order chi connectivity index (χ1) is 7.33. The Balaban J connectivity index is 2.59. The van der Waals surface area contributed by atoms with Gasteiger partial charge >= 0.3 is 0 Å². The van der Waals surface area contributed by atoms with Gasteiger partial charge in [0.15, 0.2) is 0 Å². The van der Waals surface area contributed by atoms with E-state index in [9.17, 15) is 13.9 Å². The molecule has 0 aromatic heterocycles. The highest BCUT2D eigenvalue weighted by atomic mass is 19.3. The van der Waals surface area contributed by atoms with E-state index in [1.165, 1.54) is 0 Å². The predicted octanol–water partition coefficient (Wildman–Crippen LogP) is 2.51. The summed E-state index contributed by atoms with van der Waals surface area (Å²) in [5.74, 6) is -2.22. The topological polar surface area (TPSA) is 23.5 Å². The molecule has 0 heterocycles. The highest BCUT2D eigenvalue weighted by Crippen LogP contribution is 2.31. The number of aliphatic hydroxyl groups excluding tert-OH is 1. The van der Waals surface area contributed by atoms with Gasteiger partial charge in [0.2, 0.25) is 0 Å². The molecule has 96 valence electrons. The smallest absolute Gasteiger partial charge is 0.257 e. The zero-order valence-corrected chi connectivity index (χ0v) is 10.4. The molecule has 3 unspecified atom stereocenters. The Morgan fingerprint density at radius 2 is 2.00 bits per heavy atom. The molecule has 0 aromatic rings. The molecule has 1 N–H and O–H groups in total. The Morgan fingerprint density at radius 3 is 2.50 bits per heavy atom. The number of nitrogens with zero attached hydrogens (tertiary/aromatic N) is 1. The maximum Gasteiger partial charge on any atom is 0.257 e. The van der Waals surface area contributed by atoms with Gasteiger partial charge in [-0.1, -0.05) is 13.3 Å². The average molecular weight is 235 g/mol. The molecule has 1 saturated carbocycles. The number of rotatable bonds is 4. The summed E-state index contributed by atoms with van der Waals surface area (Å²) in [4.78, 5) is 1.72. The van der Waals surface area contributed by atoms with Crippen LogP contribution in [-0.4, -0.2) is 41.7 Å². The molecule has 16 heavy (non-hydrogen) atoms. The summed E-state index contributed by atoms with van der Waals surface area (Å²) in [6.07, 6.45) is 3.07. The lowest BCUT2D eigenvalue weighted by atomic mass is 9.80. The van der Waals surface area contributed by atoms with Crippen LogP contribution < -0.4 is 0 Å². The summed E-state index contributed by atoms with van der Waals surface area (Å²) in [5.41, 5.74) is 0. The van der Waals surface area contributed by atoms with Gasteiger partial charge in [-0.05, 0) is 32.2 Å². The number of alkyl halides is 2. The van der Waals surface area contributed by atoms with Gasteiger partial charge in [-0.2, -0.15) is 0 Å². The molecular weight excluding hydrogens is 212 g/mol. The maximum absolute atomic E-state index is 13.0. The van der Waals surface area contributed by atoms with Crippen molar-refractivity contribution in [3.05, 3.63) is 0 Å². The minimum Gasteiger partial charge on any atom is -0.393 e. The Bertz CT molecular complexity index is 218. The first-order valence-electron chi connectivity index (χ1n) is 6.09. The quantitative estimate of drug-likeness (QED) is 0.809. The molecule has 0 amide bonds. The van der Waals surface area contributed by atoms with E-state index in [0.29, 0.717) is 12.3 Å². The number of aliphatic hydroxyl groups is 1. The van der Waals surface area contributed by atoms with Gasteiger partial charge in [0, 0.05) is 13.0 Å². The lowest BCUT2D eigenvalue weighted by molar-refractivity contribution is -0.0422. The summed E-state index contributed by atoms with van der Waals surface area (Å²) >= 11 is 0. The second kappa shape index (κ2) is 5.41. The van der Waals surface area contributed by atoms with Crippen molar-refractivity contribution in [3.63, 3.8) is 0 Å². The SMILES string of the molecule is CCC1CCC(O)CC1N(C)CC(C)(F)F. The standard InChI is InChI=1S/C12H23F2NO/c1-4-9-5-6-10(16)7-11(9)15(3)8-12(2,13)14/h9-11,16H,4-8H2,1-3H3. The molecule has 0 spiro atoms. The molecule has 0 bridgehead atoms. The van der Waals surface area contributed by atoms with Gasteiger partial charge in [-0.15, -0.1) is 0 Å². The fraction of sp³-hybridized carbons (Fsp3) is 1.00. The van der Waals surface area contributed by atoms with Crippen LogP contribution >= 0.6 is 0 Å². The lowest BCUT2D eigenvalue weighted by Gasteiger charge is -2.40. The summed E-state index contributed by atoms with van der Waals surface area (Å²) in [7, 11) is 1.74. The van der Waals surface area contributed by atoms with Crippen LogP contribution in [0.25, 0.3) is 0 Å². The van der Waals surface area contributed by atoms with Crippen molar-refractivity contribution < 1.29 is 13.9 Å². The van der Waals surface area contributed by atoms with Gasteiger partial charge in [0.1, 0.15) is 0 Å². The normalized spacial score (nSPS) is 32.1. The third kappa shape index (κ3) is 3.98. The minimum absolute atomic E-state index is 0.0968. The average Bonchev–Trinajstić information content (AvgIpc) is 2.15. The van der Waals surface area contributed by atoms with E-state index < -0.39 is 5.92 Å². The van der Waals surface area contributed by atoms with Crippen molar-refractivity contribution in [2.75, 3.05) is 13.6 Å². The molecule has 1 fully saturated rings. The molecule has 0 aliphatic heterocycles. The number of hydrogen-bond donors (Lipinski definition) is 1. The van der Waals surface area contributed by atoms with Gasteiger partial charge < -0.3 is 5.11 Å². The highest BCUT2D eigenvalue weighted by molar-refractivity contribution is 4.86. The Hall–Kier alpha value is -0.220. The van der Waals surface area contributed by atoms with Gasteiger partial charge in [-0.25, -0.2) is 8.78 Å². The molecule has 1 aliphatic rings. The van der Waals surface area contributed by atoms with Gasteiger partial charge in [0.05, 0.1) is 12.6 Å². The molecule has 0 radical (unpaired) electrons. The van der Waals surface area contributed by atoms with Gasteiger partial charge in [-0.3, -0.25) is 4.90 Å². The monoisotopic (exact) mass is 235 g/mol. The van der Waals surface area contributed by atoms with Crippen LogP contribution in [0.1, 0.15) is 39.5 Å². The summed E-state index contributed by atoms with van der Waals surface area (Å²) in [6, 6.07) is 0.0968. The lowest BCUT2D eigenvalue weighted by Crippen LogP contribution is -2.47. The largest absolute Gasteiger partial charge is 0.393 e. The van der Waals surface area contributed by atoms with Crippen molar-refractivity contribution in [1.82, 2.24) is 4.90 Å². The number of hydrogen-bond acceptors (Lipinski definition) is 2. The summed E-state index contributed by atoms with van der Waals surface area (Å²) < 4.78 is 25.9. The van der Waals surface area contributed by atoms with Crippen LogP contribution in [-0.2, 0) is 0 Å². The van der Waals surface area contributed by atoms with E-state index in [2.05, 4.69) is 6.92 Å². The zero-order valence-electron chi connectivity index (χ0n) is 10.4. The minimum atomic E-state index is -2.66. The van der Waals surface area contributed by atoms with E-state index >= 15 is 0 Å². The van der Waals surface area contributed by atoms with Crippen molar-refractivity contribution in [1.29, 1.82) is 0 Å². The van der Waals surface area contributed by atoms with Crippen LogP contribution in [0.5, 0.6) is 0 Å². The first-order valence-corrected chi connectivity index (χ1v) is 6.09. The van der Waals surface area contributed by atoms with Crippen LogP contribution in [0, 0.1) is 5.92 Å². The fourth-order valence-corrected chi connectivity index (χ4v) is 2.76. The van der Waals surface area contributed by atoms with Crippen molar-refractivity contribution in [2.24, 2.45) is 5.92 Å². The van der Waals surface area contributed by atoms with Crippen molar-refractivity contribution in [2.45, 2.75) is 57.6 Å². The van der Waals surface area contributed by atoms with E-state index in [1.54, 1.807) is 11.9 Å². The van der Waals surface area contributed by atoms with Crippen LogP contribution in [0.2, 0.25) is 0 Å². The third-order valence-corrected chi connectivity index (χ3v) is 3.55. The molecule has 3 atom stereocenters. The van der Waals surface area contributed by atoms with Crippen LogP contribution in [0.4, 0.5) is 8.78 Å². The molecule has 1 aliphatic carbocycles. The molecule has 1 rings (SSSR count). The third-order valence-electron chi connectivity index (χ3n) is 3.55. The first kappa shape index (κ1) is 13.8. The van der Waals surface area contributed by atoms with Crippen molar-refractivity contribution in [3.8, 4) is 0 Å². The summed E-state index contributed by atoms with van der Waals surface area (Å²) in [6.45, 7) is 2.82. The summed E-state index contributed by atoms with van der Waals surface area (Å²) in [5, 5.41) is 9.63. The van der Waals surface area contributed by atoms with Crippen LogP contribution in [0.15, 0.2) is 0 Å². The van der Waals surface area contributed by atoms with E-state index in [1.807, 2.05) is 0 Å². The fourth-order valence-electron chi connectivity index (χ4n) is 2.76. The Morgan fingerprint density at radius 1 is 1.38 bits per heavy atom. The van der Waals surface area contributed by atoms with Crippen LogP contribution in [0.3, 0.4) is 0 Å². The van der Waals surface area contributed by atoms with Crippen molar-refractivity contribution >= 4 is 0 Å². The van der Waals surface area contributed by atoms with E-state index in [-0.39, 0.29) is 18.7 Å². The molecule has 0 aromatic carbocycles. The molecular formula is C12H23F2NO. The van der Waals surface area contributed by atoms with E-state index in [0.717, 1.165) is 26.2 Å². The predicted molar refractivity (Wildman–Crippen MR) is 60.7 cm³/mol. The number of halogens is 2. The molecule has 4 heteroatoms. The van der Waals surface area contributed by atoms with Gasteiger partial charge in [0.25, 0.3) is 5.92 Å². The highest BCUT2D eigenvalue weighted by Gasteiger charge is 2.34. The Labute approximate surface area is 96.6 Å². The zero-order chi connectivity index (χ0) is 12.3. The second-order valence-corrected chi connectivity index (χ2v) is 5.19. The second-order valence-electron chi connectivity index (χ2n) is 5.19. The molecule has 0 saturated heterocycles. The molecule has 2 nitrogen and oxygen atoms in total. The Kier molecular flexibility index (Phi) is 4.68.